The van der Waals surface area contributed by atoms with Crippen molar-refractivity contribution in [1.29, 1.82) is 0 Å². The molecule has 0 bridgehead atoms. The molecule has 0 atom stereocenters. The average molecular weight is 936 g/mol. The first-order valence-corrected chi connectivity index (χ1v) is 23.4. The summed E-state index contributed by atoms with van der Waals surface area (Å²) in [5.41, 5.74) is 6.72. The predicted molar refractivity (Wildman–Crippen MR) is 234 cm³/mol. The number of hydrogen-bond acceptors (Lipinski definition) is 9. The van der Waals surface area contributed by atoms with Crippen molar-refractivity contribution in [2.45, 2.75) is 79.1 Å². The Kier molecular flexibility index (Phi) is 36.6. The number of carbonyl (C=O) groups excluding carboxylic acids is 1. The van der Waals surface area contributed by atoms with E-state index in [4.69, 9.17) is 59.7 Å². The molecule has 4 aromatic carbocycles. The van der Waals surface area contributed by atoms with Gasteiger partial charge in [0.25, 0.3) is 0 Å². The molecule has 0 saturated heterocycles. The molecule has 0 spiro atoms. The number of carboxylic acid groups (broad SMARTS) is 3. The van der Waals surface area contributed by atoms with Crippen LogP contribution in [0.15, 0.2) is 78.9 Å². The van der Waals surface area contributed by atoms with E-state index >= 15 is 0 Å². The Morgan fingerprint density at radius 2 is 0.950 bits per heavy atom. The predicted octanol–water partition coefficient (Wildman–Crippen LogP) is 7.09. The van der Waals surface area contributed by atoms with Crippen LogP contribution in [0.5, 0.6) is 23.0 Å². The summed E-state index contributed by atoms with van der Waals surface area (Å²) in [7, 11) is 19.7. The van der Waals surface area contributed by atoms with Gasteiger partial charge in [-0.25, -0.2) is 30.1 Å². The fourth-order valence-corrected chi connectivity index (χ4v) is 5.06. The fourth-order valence-electron chi connectivity index (χ4n) is 5.06. The van der Waals surface area contributed by atoms with Gasteiger partial charge in [0.15, 0.2) is 5.78 Å². The van der Waals surface area contributed by atoms with Crippen LogP contribution in [0.2, 0.25) is 0 Å². The summed E-state index contributed by atoms with van der Waals surface area (Å²) in [5.74, 6) is 0.212. The number of carbonyl (C=O) groups is 4. The summed E-state index contributed by atoms with van der Waals surface area (Å²) in [6.07, 6.45) is 3.18. The molecule has 4 aromatic rings. The van der Waals surface area contributed by atoms with E-state index in [1.165, 1.54) is 5.56 Å². The first-order chi connectivity index (χ1) is 27.3. The van der Waals surface area contributed by atoms with Gasteiger partial charge in [0.2, 0.25) is 0 Å². The topological polar surface area (TPSA) is 207 Å². The largest absolute Gasteiger partial charge is 1.00 e. The van der Waals surface area contributed by atoms with Crippen molar-refractivity contribution in [3.8, 4) is 23.0 Å². The van der Waals surface area contributed by atoms with Crippen molar-refractivity contribution in [3.05, 3.63) is 118 Å². The number of para-hydroxylation sites is 1. The normalized spacial score (nSPS) is 9.30. The summed E-state index contributed by atoms with van der Waals surface area (Å²) in [6.45, 7) is 7.68. The smallest absolute Gasteiger partial charge is 0.870 e. The van der Waals surface area contributed by atoms with Crippen molar-refractivity contribution in [3.63, 3.8) is 0 Å². The monoisotopic (exact) mass is 934 g/mol. The number of Topliss-reactive ketones (excluding diaryl/α,β-unsaturated/α-hetero) is 1. The molecule has 5 N–H and O–H groups in total. The summed E-state index contributed by atoms with van der Waals surface area (Å²) >= 11 is -1.72. The molecule has 0 aromatic heterocycles. The number of hydrogen-bond donors (Lipinski definition) is 4. The van der Waals surface area contributed by atoms with Crippen LogP contribution in [0.3, 0.4) is 0 Å². The molecule has 0 aliphatic carbocycles. The molecular weight excluding hydrogens is 881 g/mol. The number of ether oxygens (including phenoxy) is 3. The Morgan fingerprint density at radius 3 is 1.33 bits per heavy atom. The molecule has 0 amide bonds. The molecule has 0 aliphatic heterocycles. The van der Waals surface area contributed by atoms with Crippen LogP contribution < -0.4 is 65.6 Å². The molecular formula is C43H55AlCl3KO12. The van der Waals surface area contributed by atoms with E-state index in [1.807, 2.05) is 82.3 Å². The standard InChI is InChI=1S/C12H14O4.C12H16O3.C11H14O3.C8H10O.Al.3ClH.K.H2O/c1-8-7-9(3-5-11(8)16-2)10(13)4-6-12(14)15;1-9-8-10(4-3-5-12(13)14)6-7-11(9)15-2;1-8-7-9(5-6-10(8)12)3-2-4-11(13)14;1-7-5-3-4-6-8(7)9-2;;;;;;/h3,5,7H,4,6H2,1-2H3,(H,14,15);6-8H,3-5H2,1-2H3,(H,13,14);5-7,12H,2-4H2,1H3,(H,13,14);3-6H,1-2H3;;3*1H;;1H2/q;;;;+3;;;;+1;/p-4. The van der Waals surface area contributed by atoms with E-state index in [9.17, 15) is 24.3 Å². The van der Waals surface area contributed by atoms with Gasteiger partial charge in [-0.15, -0.1) is 0 Å². The summed E-state index contributed by atoms with van der Waals surface area (Å²) in [4.78, 5) is 42.5. The maximum atomic E-state index is 11.6. The van der Waals surface area contributed by atoms with Crippen LogP contribution in [0.4, 0.5) is 0 Å². The van der Waals surface area contributed by atoms with Crippen LogP contribution in [-0.4, -0.2) is 82.3 Å². The van der Waals surface area contributed by atoms with Crippen LogP contribution in [0.1, 0.15) is 82.3 Å². The van der Waals surface area contributed by atoms with Crippen molar-refractivity contribution in [2.75, 3.05) is 21.3 Å². The number of aromatic hydroxyl groups is 1. The molecule has 324 valence electrons. The van der Waals surface area contributed by atoms with E-state index in [1.54, 1.807) is 45.6 Å². The zero-order chi connectivity index (χ0) is 44.2. The molecule has 0 saturated carbocycles. The third-order valence-corrected chi connectivity index (χ3v) is 8.03. The van der Waals surface area contributed by atoms with E-state index in [0.717, 1.165) is 57.9 Å². The minimum absolute atomic E-state index is 0. The Bertz CT molecular complexity index is 1880. The van der Waals surface area contributed by atoms with Gasteiger partial charge >= 0.3 is 80.7 Å². The van der Waals surface area contributed by atoms with Crippen LogP contribution >= 0.6 is 30.1 Å². The van der Waals surface area contributed by atoms with Crippen molar-refractivity contribution >= 4 is 65.2 Å². The van der Waals surface area contributed by atoms with Crippen LogP contribution in [-0.2, 0) is 27.2 Å². The van der Waals surface area contributed by atoms with Gasteiger partial charge in [-0.3, -0.25) is 19.2 Å². The van der Waals surface area contributed by atoms with Crippen LogP contribution in [0.25, 0.3) is 0 Å². The third-order valence-electron chi connectivity index (χ3n) is 8.03. The van der Waals surface area contributed by atoms with Gasteiger partial charge in [-0.2, -0.15) is 0 Å². The molecule has 4 rings (SSSR count). The number of aryl methyl sites for hydroxylation is 6. The average Bonchev–Trinajstić information content (AvgIpc) is 3.16. The molecule has 0 fully saturated rings. The molecule has 12 nitrogen and oxygen atoms in total. The number of rotatable bonds is 15. The number of aliphatic carboxylic acids is 3. The van der Waals surface area contributed by atoms with Crippen molar-refractivity contribution in [2.24, 2.45) is 0 Å². The number of phenols is 1. The quantitative estimate of drug-likeness (QED) is 0.0697. The number of methoxy groups -OCH3 is 3. The van der Waals surface area contributed by atoms with E-state index < -0.39 is 29.3 Å². The molecule has 0 aliphatic rings. The van der Waals surface area contributed by atoms with Gasteiger partial charge in [0.1, 0.15) is 23.0 Å². The van der Waals surface area contributed by atoms with Gasteiger partial charge in [0.05, 0.1) is 27.8 Å². The Balaban J connectivity index is -0.000000702. The first kappa shape index (κ1) is 61.5. The molecule has 0 heterocycles. The van der Waals surface area contributed by atoms with E-state index in [0.29, 0.717) is 18.4 Å². The second-order valence-electron chi connectivity index (χ2n) is 12.6. The number of ketones is 1. The molecule has 60 heavy (non-hydrogen) atoms. The second kappa shape index (κ2) is 35.7. The molecule has 17 heteroatoms. The number of benzene rings is 4. The zero-order valence-electron chi connectivity index (χ0n) is 35.5. The van der Waals surface area contributed by atoms with Gasteiger partial charge in [-0.05, 0) is 123 Å². The van der Waals surface area contributed by atoms with E-state index in [-0.39, 0.29) is 94.1 Å². The fraction of sp³-hybridized carbons (Fsp3) is 0.349. The Morgan fingerprint density at radius 1 is 0.550 bits per heavy atom. The van der Waals surface area contributed by atoms with Gasteiger partial charge in [0, 0.05) is 24.8 Å². The Labute approximate surface area is 412 Å². The molecule has 0 unspecified atom stereocenters. The summed E-state index contributed by atoms with van der Waals surface area (Å²) < 4.78 is 15.3. The van der Waals surface area contributed by atoms with Crippen molar-refractivity contribution < 1.29 is 111 Å². The maximum Gasteiger partial charge on any atom is 1.00 e. The minimum Gasteiger partial charge on any atom is -0.870 e. The minimum atomic E-state index is -1.72. The third kappa shape index (κ3) is 29.4. The number of carboxylic acids is 3. The van der Waals surface area contributed by atoms with Gasteiger partial charge in [-0.1, -0.05) is 42.5 Å². The SMILES string of the molecule is COc1ccc(C(=O)CCC(=O)O)cc1C.COc1ccc(CCCC(=O)O)cc1C.COc1ccccc1C.Cc1cc(CCCC(=O)O)ccc1O.[Cl][Al]([Cl])[Cl].[K+].[OH-]. The van der Waals surface area contributed by atoms with Crippen molar-refractivity contribution in [1.82, 2.24) is 0 Å². The number of phenolic OH excluding ortho intramolecular Hbond substituents is 1. The molecule has 0 radical (unpaired) electrons. The van der Waals surface area contributed by atoms with Crippen LogP contribution in [0, 0.1) is 27.7 Å². The summed E-state index contributed by atoms with van der Waals surface area (Å²) in [6, 6.07) is 24.3. The zero-order valence-corrected chi connectivity index (χ0v) is 42.0. The number of halogens is 3. The second-order valence-corrected chi connectivity index (χ2v) is 19.1. The summed E-state index contributed by atoms with van der Waals surface area (Å²) in [5, 5.41) is 34.7. The van der Waals surface area contributed by atoms with E-state index in [2.05, 4.69) is 0 Å². The first-order valence-electron chi connectivity index (χ1n) is 18.1. The maximum absolute atomic E-state index is 11.6. The van der Waals surface area contributed by atoms with Gasteiger partial charge < -0.3 is 40.1 Å². The Hall–Kier alpha value is -2.84.